The van der Waals surface area contributed by atoms with E-state index in [1.165, 1.54) is 32.1 Å². The van der Waals surface area contributed by atoms with Crippen LogP contribution in [0.4, 0.5) is 4.79 Å². The standard InChI is InChI=1S/C18H34N2O2/c1-17(2,3)22-16(21)20-12-9-15(13-20)19-14-7-6-10-18(4,5)11-8-14/h14-15,19H,6-13H2,1-5H3. The van der Waals surface area contributed by atoms with Crippen LogP contribution in [0.25, 0.3) is 0 Å². The van der Waals surface area contributed by atoms with Crippen molar-refractivity contribution in [2.75, 3.05) is 13.1 Å². The maximum atomic E-state index is 12.1. The van der Waals surface area contributed by atoms with E-state index < -0.39 is 5.60 Å². The Hall–Kier alpha value is -0.770. The lowest BCUT2D eigenvalue weighted by molar-refractivity contribution is 0.0290. The van der Waals surface area contributed by atoms with Gasteiger partial charge < -0.3 is 15.0 Å². The zero-order valence-corrected chi connectivity index (χ0v) is 15.1. The minimum atomic E-state index is -0.407. The van der Waals surface area contributed by atoms with Gasteiger partial charge in [0.05, 0.1) is 0 Å². The summed E-state index contributed by atoms with van der Waals surface area (Å²) in [5.74, 6) is 0. The second-order valence-electron chi connectivity index (χ2n) is 8.87. The summed E-state index contributed by atoms with van der Waals surface area (Å²) in [5, 5.41) is 3.79. The highest BCUT2D eigenvalue weighted by molar-refractivity contribution is 5.68. The lowest BCUT2D eigenvalue weighted by atomic mass is 9.85. The summed E-state index contributed by atoms with van der Waals surface area (Å²) in [7, 11) is 0. The average Bonchev–Trinajstić information content (AvgIpc) is 2.75. The Balaban J connectivity index is 1.78. The Labute approximate surface area is 136 Å². The van der Waals surface area contributed by atoms with Gasteiger partial charge in [0, 0.05) is 25.2 Å². The van der Waals surface area contributed by atoms with Crippen molar-refractivity contribution in [2.24, 2.45) is 5.41 Å². The molecule has 1 heterocycles. The van der Waals surface area contributed by atoms with Crippen molar-refractivity contribution >= 4 is 6.09 Å². The normalized spacial score (nSPS) is 29.2. The van der Waals surface area contributed by atoms with Crippen molar-refractivity contribution in [1.82, 2.24) is 10.2 Å². The van der Waals surface area contributed by atoms with Crippen molar-refractivity contribution in [3.63, 3.8) is 0 Å². The Bertz CT molecular complexity index is 387. The van der Waals surface area contributed by atoms with E-state index in [9.17, 15) is 4.79 Å². The van der Waals surface area contributed by atoms with Gasteiger partial charge in [-0.3, -0.25) is 0 Å². The summed E-state index contributed by atoms with van der Waals surface area (Å²) in [6, 6.07) is 1.05. The zero-order chi connectivity index (χ0) is 16.4. The van der Waals surface area contributed by atoms with Gasteiger partial charge in [0.2, 0.25) is 0 Å². The van der Waals surface area contributed by atoms with Gasteiger partial charge in [-0.1, -0.05) is 20.3 Å². The smallest absolute Gasteiger partial charge is 0.410 e. The highest BCUT2D eigenvalue weighted by Crippen LogP contribution is 2.34. The molecule has 2 fully saturated rings. The molecule has 2 unspecified atom stereocenters. The number of hydrogen-bond donors (Lipinski definition) is 1. The monoisotopic (exact) mass is 310 g/mol. The highest BCUT2D eigenvalue weighted by atomic mass is 16.6. The first kappa shape index (κ1) is 17.6. The molecular weight excluding hydrogens is 276 g/mol. The van der Waals surface area contributed by atoms with Gasteiger partial charge in [-0.25, -0.2) is 4.79 Å². The molecule has 0 aromatic carbocycles. The quantitative estimate of drug-likeness (QED) is 0.785. The predicted octanol–water partition coefficient (Wildman–Crippen LogP) is 3.94. The molecule has 22 heavy (non-hydrogen) atoms. The van der Waals surface area contributed by atoms with Gasteiger partial charge in [0.15, 0.2) is 0 Å². The second-order valence-corrected chi connectivity index (χ2v) is 8.87. The molecule has 1 N–H and O–H groups in total. The third-order valence-corrected chi connectivity index (χ3v) is 4.89. The number of rotatable bonds is 2. The van der Waals surface area contributed by atoms with Crippen LogP contribution in [0.15, 0.2) is 0 Å². The van der Waals surface area contributed by atoms with E-state index >= 15 is 0 Å². The predicted molar refractivity (Wildman–Crippen MR) is 90.0 cm³/mol. The van der Waals surface area contributed by atoms with Gasteiger partial charge >= 0.3 is 6.09 Å². The summed E-state index contributed by atoms with van der Waals surface area (Å²) in [6.45, 7) is 12.1. The summed E-state index contributed by atoms with van der Waals surface area (Å²) in [6.07, 6.45) is 7.35. The van der Waals surface area contributed by atoms with Crippen LogP contribution in [0.2, 0.25) is 0 Å². The summed E-state index contributed by atoms with van der Waals surface area (Å²) in [4.78, 5) is 14.0. The Morgan fingerprint density at radius 1 is 1.14 bits per heavy atom. The molecule has 1 saturated heterocycles. The molecule has 4 nitrogen and oxygen atoms in total. The molecule has 1 aliphatic carbocycles. The van der Waals surface area contributed by atoms with Crippen LogP contribution < -0.4 is 5.32 Å². The molecule has 0 bridgehead atoms. The van der Waals surface area contributed by atoms with Crippen LogP contribution in [0, 0.1) is 5.41 Å². The number of ether oxygens (including phenoxy) is 1. The van der Waals surface area contributed by atoms with E-state index in [1.54, 1.807) is 0 Å². The number of hydrogen-bond acceptors (Lipinski definition) is 3. The number of nitrogens with zero attached hydrogens (tertiary/aromatic N) is 1. The fraction of sp³-hybridized carbons (Fsp3) is 0.944. The molecule has 2 aliphatic rings. The molecule has 1 aliphatic heterocycles. The average molecular weight is 310 g/mol. The number of carbonyl (C=O) groups excluding carboxylic acids is 1. The van der Waals surface area contributed by atoms with E-state index in [4.69, 9.17) is 4.74 Å². The van der Waals surface area contributed by atoms with Gasteiger partial charge in [-0.2, -0.15) is 0 Å². The fourth-order valence-electron chi connectivity index (χ4n) is 3.55. The molecule has 4 heteroatoms. The third kappa shape index (κ3) is 5.45. The van der Waals surface area contributed by atoms with Crippen molar-refractivity contribution < 1.29 is 9.53 Å². The van der Waals surface area contributed by atoms with Crippen molar-refractivity contribution in [3.05, 3.63) is 0 Å². The van der Waals surface area contributed by atoms with Crippen LogP contribution in [0.1, 0.15) is 73.1 Å². The van der Waals surface area contributed by atoms with Gasteiger partial charge in [0.1, 0.15) is 5.60 Å². The topological polar surface area (TPSA) is 41.6 Å². The number of carbonyl (C=O) groups is 1. The Morgan fingerprint density at radius 3 is 2.55 bits per heavy atom. The number of nitrogens with one attached hydrogen (secondary N) is 1. The molecule has 1 saturated carbocycles. The van der Waals surface area contributed by atoms with Crippen molar-refractivity contribution in [3.8, 4) is 0 Å². The third-order valence-electron chi connectivity index (χ3n) is 4.89. The first-order chi connectivity index (χ1) is 10.1. The number of likely N-dealkylation sites (tertiary alicyclic amines) is 1. The van der Waals surface area contributed by atoms with E-state index in [1.807, 2.05) is 25.7 Å². The molecular formula is C18H34N2O2. The van der Waals surface area contributed by atoms with E-state index in [2.05, 4.69) is 19.2 Å². The molecule has 128 valence electrons. The first-order valence-corrected chi connectivity index (χ1v) is 8.89. The zero-order valence-electron chi connectivity index (χ0n) is 15.1. The number of amides is 1. The van der Waals surface area contributed by atoms with E-state index in [0.29, 0.717) is 17.5 Å². The first-order valence-electron chi connectivity index (χ1n) is 8.89. The van der Waals surface area contributed by atoms with Gasteiger partial charge in [-0.15, -0.1) is 0 Å². The summed E-state index contributed by atoms with van der Waals surface area (Å²) in [5.41, 5.74) is 0.0874. The van der Waals surface area contributed by atoms with E-state index in [-0.39, 0.29) is 6.09 Å². The Morgan fingerprint density at radius 2 is 1.86 bits per heavy atom. The molecule has 2 rings (SSSR count). The SMILES string of the molecule is CC1(C)CCCC(NC2CCN(C(=O)OC(C)(C)C)C2)CC1. The van der Waals surface area contributed by atoms with Gasteiger partial charge in [-0.05, 0) is 58.3 Å². The maximum Gasteiger partial charge on any atom is 0.410 e. The summed E-state index contributed by atoms with van der Waals surface area (Å²) < 4.78 is 5.47. The highest BCUT2D eigenvalue weighted by Gasteiger charge is 2.32. The summed E-state index contributed by atoms with van der Waals surface area (Å²) >= 11 is 0. The largest absolute Gasteiger partial charge is 0.444 e. The maximum absolute atomic E-state index is 12.1. The lowest BCUT2D eigenvalue weighted by Gasteiger charge is -2.26. The van der Waals surface area contributed by atoms with Crippen LogP contribution in [-0.4, -0.2) is 41.8 Å². The minimum absolute atomic E-state index is 0.168. The molecule has 0 radical (unpaired) electrons. The van der Waals surface area contributed by atoms with Gasteiger partial charge in [0.25, 0.3) is 0 Å². The molecule has 0 aromatic heterocycles. The Kier molecular flexibility index (Phi) is 5.41. The fourth-order valence-corrected chi connectivity index (χ4v) is 3.55. The van der Waals surface area contributed by atoms with Crippen LogP contribution in [0.3, 0.4) is 0 Å². The second kappa shape index (κ2) is 6.77. The van der Waals surface area contributed by atoms with E-state index in [0.717, 1.165) is 19.5 Å². The van der Waals surface area contributed by atoms with Crippen LogP contribution >= 0.6 is 0 Å². The lowest BCUT2D eigenvalue weighted by Crippen LogP contribution is -2.42. The minimum Gasteiger partial charge on any atom is -0.444 e. The molecule has 0 aromatic rings. The van der Waals surface area contributed by atoms with Crippen LogP contribution in [-0.2, 0) is 4.74 Å². The molecule has 1 amide bonds. The van der Waals surface area contributed by atoms with Crippen LogP contribution in [0.5, 0.6) is 0 Å². The van der Waals surface area contributed by atoms with Crippen molar-refractivity contribution in [1.29, 1.82) is 0 Å². The van der Waals surface area contributed by atoms with Crippen molar-refractivity contribution in [2.45, 2.75) is 90.8 Å². The molecule has 0 spiro atoms. The molecule has 2 atom stereocenters.